The summed E-state index contributed by atoms with van der Waals surface area (Å²) in [6.07, 6.45) is 1.58. The number of aromatic nitrogens is 3. The number of rotatable bonds is 4. The average molecular weight is 365 g/mol. The van der Waals surface area contributed by atoms with Gasteiger partial charge in [0.2, 0.25) is 0 Å². The summed E-state index contributed by atoms with van der Waals surface area (Å²) in [5, 5.41) is 12.5. The van der Waals surface area contributed by atoms with Gasteiger partial charge in [0.1, 0.15) is 17.7 Å². The Morgan fingerprint density at radius 1 is 1.15 bits per heavy atom. The Bertz CT molecular complexity index is 1150. The van der Waals surface area contributed by atoms with Crippen molar-refractivity contribution in [1.82, 2.24) is 14.1 Å². The standard InChI is InChI=1S/C19H16FN5O2/c1-24-17(14(11-21)18(26)25(2)19(24)27)23-16(15-8-3-4-9-22-15)12-6-5-7-13(20)10-12/h3-10,16,23H,1-2H3. The molecule has 136 valence electrons. The van der Waals surface area contributed by atoms with Crippen LogP contribution in [-0.4, -0.2) is 14.1 Å². The van der Waals surface area contributed by atoms with Crippen LogP contribution < -0.4 is 16.6 Å². The van der Waals surface area contributed by atoms with E-state index in [1.165, 1.54) is 30.8 Å². The van der Waals surface area contributed by atoms with Crippen LogP contribution in [0.2, 0.25) is 0 Å². The Hall–Kier alpha value is -3.73. The second kappa shape index (κ2) is 7.25. The average Bonchev–Trinajstić information content (AvgIpc) is 2.68. The Morgan fingerprint density at radius 2 is 1.93 bits per heavy atom. The van der Waals surface area contributed by atoms with Gasteiger partial charge < -0.3 is 5.32 Å². The molecule has 0 aliphatic rings. The molecule has 2 heterocycles. The maximum atomic E-state index is 13.8. The van der Waals surface area contributed by atoms with E-state index >= 15 is 0 Å². The van der Waals surface area contributed by atoms with Crippen LogP contribution in [-0.2, 0) is 14.1 Å². The topological polar surface area (TPSA) is 92.7 Å². The van der Waals surface area contributed by atoms with E-state index in [9.17, 15) is 19.2 Å². The smallest absolute Gasteiger partial charge is 0.332 e. The molecule has 0 spiro atoms. The van der Waals surface area contributed by atoms with Crippen molar-refractivity contribution in [3.8, 4) is 6.07 Å². The van der Waals surface area contributed by atoms with Gasteiger partial charge in [0.15, 0.2) is 5.56 Å². The lowest BCUT2D eigenvalue weighted by molar-refractivity contribution is 0.623. The van der Waals surface area contributed by atoms with Gasteiger partial charge in [-0.05, 0) is 29.8 Å². The van der Waals surface area contributed by atoms with Crippen molar-refractivity contribution in [2.75, 3.05) is 5.32 Å². The molecule has 0 aliphatic heterocycles. The van der Waals surface area contributed by atoms with Crippen molar-refractivity contribution >= 4 is 5.82 Å². The Kier molecular flexibility index (Phi) is 4.86. The molecule has 1 unspecified atom stereocenters. The van der Waals surface area contributed by atoms with E-state index in [1.54, 1.807) is 36.5 Å². The van der Waals surface area contributed by atoms with Crippen molar-refractivity contribution in [2.45, 2.75) is 6.04 Å². The predicted octanol–water partition coefficient (Wildman–Crippen LogP) is 1.69. The molecule has 3 rings (SSSR count). The molecular formula is C19H16FN5O2. The maximum absolute atomic E-state index is 13.8. The fourth-order valence-corrected chi connectivity index (χ4v) is 2.81. The van der Waals surface area contributed by atoms with E-state index in [0.717, 1.165) is 4.57 Å². The number of hydrogen-bond donors (Lipinski definition) is 1. The fraction of sp³-hybridized carbons (Fsp3) is 0.158. The SMILES string of the molecule is Cn1c(NC(c2cccc(F)c2)c2ccccn2)c(C#N)c(=O)n(C)c1=O. The van der Waals surface area contributed by atoms with Gasteiger partial charge in [-0.15, -0.1) is 0 Å². The van der Waals surface area contributed by atoms with Crippen molar-refractivity contribution in [1.29, 1.82) is 5.26 Å². The molecule has 2 aromatic heterocycles. The van der Waals surface area contributed by atoms with E-state index in [2.05, 4.69) is 10.3 Å². The van der Waals surface area contributed by atoms with Crippen molar-refractivity contribution in [3.63, 3.8) is 0 Å². The molecule has 1 atom stereocenters. The van der Waals surface area contributed by atoms with Gasteiger partial charge in [0.25, 0.3) is 5.56 Å². The summed E-state index contributed by atoms with van der Waals surface area (Å²) in [6, 6.07) is 12.3. The van der Waals surface area contributed by atoms with Crippen LogP contribution in [0.3, 0.4) is 0 Å². The van der Waals surface area contributed by atoms with Crippen LogP contribution in [0.1, 0.15) is 22.9 Å². The van der Waals surface area contributed by atoms with Gasteiger partial charge in [-0.1, -0.05) is 18.2 Å². The van der Waals surface area contributed by atoms with Gasteiger partial charge in [0.05, 0.1) is 11.7 Å². The van der Waals surface area contributed by atoms with Gasteiger partial charge >= 0.3 is 5.69 Å². The summed E-state index contributed by atoms with van der Waals surface area (Å²) < 4.78 is 15.8. The Balaban J connectivity index is 2.22. The molecule has 1 N–H and O–H groups in total. The minimum Gasteiger partial charge on any atom is -0.358 e. The summed E-state index contributed by atoms with van der Waals surface area (Å²) in [7, 11) is 2.75. The first kappa shape index (κ1) is 18.1. The van der Waals surface area contributed by atoms with E-state index < -0.39 is 23.1 Å². The van der Waals surface area contributed by atoms with Gasteiger partial charge in [0, 0.05) is 20.3 Å². The van der Waals surface area contributed by atoms with Crippen molar-refractivity contribution in [2.24, 2.45) is 14.1 Å². The highest BCUT2D eigenvalue weighted by atomic mass is 19.1. The Morgan fingerprint density at radius 3 is 2.56 bits per heavy atom. The highest BCUT2D eigenvalue weighted by molar-refractivity contribution is 5.54. The monoisotopic (exact) mass is 365 g/mol. The molecule has 1 aromatic carbocycles. The molecule has 0 saturated heterocycles. The maximum Gasteiger partial charge on any atom is 0.332 e. The van der Waals surface area contributed by atoms with Crippen molar-refractivity contribution in [3.05, 3.63) is 92.1 Å². The summed E-state index contributed by atoms with van der Waals surface area (Å²) in [5.74, 6) is -0.390. The molecule has 0 radical (unpaired) electrons. The third-order valence-electron chi connectivity index (χ3n) is 4.22. The van der Waals surface area contributed by atoms with E-state index in [0.29, 0.717) is 11.3 Å². The number of hydrogen-bond acceptors (Lipinski definition) is 5. The third kappa shape index (κ3) is 3.35. The largest absolute Gasteiger partial charge is 0.358 e. The minimum absolute atomic E-state index is 0.0468. The van der Waals surface area contributed by atoms with E-state index in [4.69, 9.17) is 0 Å². The zero-order valence-corrected chi connectivity index (χ0v) is 14.7. The molecule has 0 aliphatic carbocycles. The number of nitriles is 1. The highest BCUT2D eigenvalue weighted by Gasteiger charge is 2.22. The molecule has 0 amide bonds. The number of nitrogens with zero attached hydrogens (tertiary/aromatic N) is 4. The van der Waals surface area contributed by atoms with Crippen LogP contribution in [0.15, 0.2) is 58.3 Å². The molecule has 0 saturated carbocycles. The first-order valence-corrected chi connectivity index (χ1v) is 8.07. The zero-order valence-electron chi connectivity index (χ0n) is 14.7. The van der Waals surface area contributed by atoms with Crippen LogP contribution in [0.5, 0.6) is 0 Å². The molecule has 8 heteroatoms. The summed E-state index contributed by atoms with van der Waals surface area (Å²) >= 11 is 0. The minimum atomic E-state index is -0.706. The van der Waals surface area contributed by atoms with E-state index in [1.807, 2.05) is 6.07 Å². The predicted molar refractivity (Wildman–Crippen MR) is 97.7 cm³/mol. The van der Waals surface area contributed by atoms with Crippen molar-refractivity contribution < 1.29 is 4.39 Å². The number of anilines is 1. The van der Waals surface area contributed by atoms with Gasteiger partial charge in [-0.2, -0.15) is 5.26 Å². The second-order valence-electron chi connectivity index (χ2n) is 5.93. The van der Waals surface area contributed by atoms with Gasteiger partial charge in [-0.25, -0.2) is 9.18 Å². The quantitative estimate of drug-likeness (QED) is 0.760. The molecule has 0 bridgehead atoms. The van der Waals surface area contributed by atoms with E-state index in [-0.39, 0.29) is 11.4 Å². The lowest BCUT2D eigenvalue weighted by Crippen LogP contribution is -2.40. The van der Waals surface area contributed by atoms with Crippen LogP contribution in [0, 0.1) is 17.1 Å². The summed E-state index contributed by atoms with van der Waals surface area (Å²) in [6.45, 7) is 0. The second-order valence-corrected chi connectivity index (χ2v) is 5.93. The highest BCUT2D eigenvalue weighted by Crippen LogP contribution is 2.26. The normalized spacial score (nSPS) is 11.6. The van der Waals surface area contributed by atoms with Crippen LogP contribution >= 0.6 is 0 Å². The molecule has 3 aromatic rings. The first-order valence-electron chi connectivity index (χ1n) is 8.07. The first-order chi connectivity index (χ1) is 12.9. The third-order valence-corrected chi connectivity index (χ3v) is 4.22. The van der Waals surface area contributed by atoms with Crippen LogP contribution in [0.25, 0.3) is 0 Å². The molecule has 27 heavy (non-hydrogen) atoms. The van der Waals surface area contributed by atoms with Crippen LogP contribution in [0.4, 0.5) is 10.2 Å². The fourth-order valence-electron chi connectivity index (χ4n) is 2.81. The molecule has 7 nitrogen and oxygen atoms in total. The number of pyridine rings is 1. The zero-order chi connectivity index (χ0) is 19.6. The number of benzene rings is 1. The Labute approximate surface area is 154 Å². The van der Waals surface area contributed by atoms with Gasteiger partial charge in [-0.3, -0.25) is 18.9 Å². The lowest BCUT2D eigenvalue weighted by Gasteiger charge is -2.22. The summed E-state index contributed by atoms with van der Waals surface area (Å²) in [5.41, 5.74) is -0.426. The number of nitrogens with one attached hydrogen (secondary N) is 1. The molecule has 0 fully saturated rings. The summed E-state index contributed by atoms with van der Waals surface area (Å²) in [4.78, 5) is 28.9. The molecular weight excluding hydrogens is 349 g/mol. The lowest BCUT2D eigenvalue weighted by atomic mass is 10.0. The number of halogens is 1.